The van der Waals surface area contributed by atoms with Crippen LogP contribution in [0.5, 0.6) is 5.75 Å². The number of ether oxygens (including phenoxy) is 1. The molecular formula is C19H30N2O2. The predicted octanol–water partition coefficient (Wildman–Crippen LogP) is 3.53. The number of hydrogen-bond donors (Lipinski definition) is 1. The Bertz CT molecular complexity index is 484. The highest BCUT2D eigenvalue weighted by atomic mass is 16.5. The Kier molecular flexibility index (Phi) is 7.40. The quantitative estimate of drug-likeness (QED) is 0.708. The Morgan fingerprint density at radius 1 is 1.30 bits per heavy atom. The molecule has 0 spiro atoms. The maximum Gasteiger partial charge on any atom is 0.220 e. The van der Waals surface area contributed by atoms with Gasteiger partial charge in [0.1, 0.15) is 5.75 Å². The largest absolute Gasteiger partial charge is 0.497 e. The molecule has 1 heterocycles. The molecule has 0 bridgehead atoms. The van der Waals surface area contributed by atoms with Gasteiger partial charge in [0.15, 0.2) is 0 Å². The third-order valence-electron chi connectivity index (χ3n) is 4.56. The van der Waals surface area contributed by atoms with E-state index in [1.54, 1.807) is 7.11 Å². The van der Waals surface area contributed by atoms with E-state index in [9.17, 15) is 4.79 Å². The lowest BCUT2D eigenvalue weighted by molar-refractivity contribution is -0.121. The highest BCUT2D eigenvalue weighted by Crippen LogP contribution is 2.27. The number of carbonyl (C=O) groups is 1. The Hall–Kier alpha value is -1.55. The maximum atomic E-state index is 12.0. The lowest BCUT2D eigenvalue weighted by atomic mass is 10.0. The van der Waals surface area contributed by atoms with Crippen LogP contribution in [0.3, 0.4) is 0 Å². The van der Waals surface area contributed by atoms with Gasteiger partial charge in [0.2, 0.25) is 5.91 Å². The minimum absolute atomic E-state index is 0.172. The molecule has 4 heteroatoms. The minimum atomic E-state index is 0.172. The summed E-state index contributed by atoms with van der Waals surface area (Å²) in [5.74, 6) is 1.05. The van der Waals surface area contributed by atoms with Crippen LogP contribution in [0.4, 0.5) is 0 Å². The molecule has 1 unspecified atom stereocenters. The first-order valence-electron chi connectivity index (χ1n) is 8.89. The molecule has 1 atom stereocenters. The Labute approximate surface area is 140 Å². The summed E-state index contributed by atoms with van der Waals surface area (Å²) in [6, 6.07) is 8.46. The van der Waals surface area contributed by atoms with Crippen LogP contribution < -0.4 is 10.1 Å². The first-order valence-corrected chi connectivity index (χ1v) is 8.89. The number of benzene rings is 1. The van der Waals surface area contributed by atoms with Gasteiger partial charge in [-0.15, -0.1) is 0 Å². The molecule has 0 saturated carbocycles. The van der Waals surface area contributed by atoms with Crippen molar-refractivity contribution in [3.8, 4) is 5.75 Å². The average Bonchev–Trinajstić information content (AvgIpc) is 3.10. The number of likely N-dealkylation sites (tertiary alicyclic amines) is 1. The molecule has 1 aromatic carbocycles. The van der Waals surface area contributed by atoms with Gasteiger partial charge in [-0.3, -0.25) is 9.69 Å². The van der Waals surface area contributed by atoms with Gasteiger partial charge in [0.25, 0.3) is 0 Å². The highest BCUT2D eigenvalue weighted by Gasteiger charge is 2.24. The molecule has 1 saturated heterocycles. The lowest BCUT2D eigenvalue weighted by Gasteiger charge is -2.28. The third kappa shape index (κ3) is 5.54. The molecule has 1 N–H and O–H groups in total. The summed E-state index contributed by atoms with van der Waals surface area (Å²) in [4.78, 5) is 14.5. The zero-order valence-corrected chi connectivity index (χ0v) is 14.5. The smallest absolute Gasteiger partial charge is 0.220 e. The Morgan fingerprint density at radius 2 is 2.09 bits per heavy atom. The number of amides is 1. The molecule has 1 aliphatic rings. The van der Waals surface area contributed by atoms with E-state index in [1.165, 1.54) is 18.4 Å². The van der Waals surface area contributed by atoms with Crippen LogP contribution in [0, 0.1) is 0 Å². The number of methoxy groups -OCH3 is 1. The van der Waals surface area contributed by atoms with E-state index in [0.717, 1.165) is 38.1 Å². The Balaban J connectivity index is 1.98. The summed E-state index contributed by atoms with van der Waals surface area (Å²) in [6.07, 6.45) is 6.37. The summed E-state index contributed by atoms with van der Waals surface area (Å²) in [5, 5.41) is 3.13. The number of unbranched alkanes of at least 4 members (excludes halogenated alkanes) is 2. The van der Waals surface area contributed by atoms with Crippen molar-refractivity contribution in [1.29, 1.82) is 0 Å². The second kappa shape index (κ2) is 9.56. The fourth-order valence-corrected chi connectivity index (χ4v) is 3.19. The van der Waals surface area contributed by atoms with Crippen molar-refractivity contribution in [3.63, 3.8) is 0 Å². The van der Waals surface area contributed by atoms with Crippen molar-refractivity contribution in [3.05, 3.63) is 29.8 Å². The molecule has 23 heavy (non-hydrogen) atoms. The monoisotopic (exact) mass is 318 g/mol. The maximum absolute atomic E-state index is 12.0. The van der Waals surface area contributed by atoms with Gasteiger partial charge in [0, 0.05) is 13.0 Å². The predicted molar refractivity (Wildman–Crippen MR) is 93.7 cm³/mol. The van der Waals surface area contributed by atoms with Gasteiger partial charge >= 0.3 is 0 Å². The van der Waals surface area contributed by atoms with Crippen molar-refractivity contribution in [1.82, 2.24) is 10.2 Å². The molecule has 2 rings (SSSR count). The minimum Gasteiger partial charge on any atom is -0.497 e. The van der Waals surface area contributed by atoms with Crippen molar-refractivity contribution in [2.24, 2.45) is 0 Å². The second-order valence-corrected chi connectivity index (χ2v) is 6.30. The van der Waals surface area contributed by atoms with E-state index < -0.39 is 0 Å². The summed E-state index contributed by atoms with van der Waals surface area (Å²) >= 11 is 0. The SMILES string of the molecule is CCCCCC(=O)NCC(c1cccc(OC)c1)N1CCCC1. The van der Waals surface area contributed by atoms with Crippen LogP contribution in [-0.4, -0.2) is 37.6 Å². The average molecular weight is 318 g/mol. The molecule has 1 aromatic rings. The third-order valence-corrected chi connectivity index (χ3v) is 4.56. The van der Waals surface area contributed by atoms with E-state index in [4.69, 9.17) is 4.74 Å². The molecule has 1 aliphatic heterocycles. The first kappa shape index (κ1) is 17.8. The lowest BCUT2D eigenvalue weighted by Crippen LogP contribution is -2.36. The molecule has 128 valence electrons. The summed E-state index contributed by atoms with van der Waals surface area (Å²) in [7, 11) is 1.69. The molecule has 0 aliphatic carbocycles. The van der Waals surface area contributed by atoms with E-state index >= 15 is 0 Å². The topological polar surface area (TPSA) is 41.6 Å². The second-order valence-electron chi connectivity index (χ2n) is 6.30. The zero-order valence-electron chi connectivity index (χ0n) is 14.5. The van der Waals surface area contributed by atoms with Gasteiger partial charge in [-0.25, -0.2) is 0 Å². The summed E-state index contributed by atoms with van der Waals surface area (Å²) in [6.45, 7) is 5.05. The van der Waals surface area contributed by atoms with Crippen molar-refractivity contribution >= 4 is 5.91 Å². The molecular weight excluding hydrogens is 288 g/mol. The highest BCUT2D eigenvalue weighted by molar-refractivity contribution is 5.75. The summed E-state index contributed by atoms with van der Waals surface area (Å²) in [5.41, 5.74) is 1.22. The molecule has 0 aromatic heterocycles. The number of carbonyl (C=O) groups excluding carboxylic acids is 1. The molecule has 1 amide bonds. The van der Waals surface area contributed by atoms with Gasteiger partial charge in [-0.2, -0.15) is 0 Å². The van der Waals surface area contributed by atoms with Crippen molar-refractivity contribution in [2.45, 2.75) is 51.5 Å². The van der Waals surface area contributed by atoms with Crippen molar-refractivity contribution in [2.75, 3.05) is 26.7 Å². The number of rotatable bonds is 9. The summed E-state index contributed by atoms with van der Waals surface area (Å²) < 4.78 is 5.35. The van der Waals surface area contributed by atoms with E-state index in [1.807, 2.05) is 12.1 Å². The van der Waals surface area contributed by atoms with Crippen LogP contribution in [0.2, 0.25) is 0 Å². The fraction of sp³-hybridized carbons (Fsp3) is 0.632. The molecule has 4 nitrogen and oxygen atoms in total. The van der Waals surface area contributed by atoms with Crippen LogP contribution in [0.1, 0.15) is 57.1 Å². The van der Waals surface area contributed by atoms with E-state index in [0.29, 0.717) is 13.0 Å². The van der Waals surface area contributed by atoms with Gasteiger partial charge < -0.3 is 10.1 Å². The van der Waals surface area contributed by atoms with Gasteiger partial charge in [-0.1, -0.05) is 31.9 Å². The van der Waals surface area contributed by atoms with E-state index in [2.05, 4.69) is 29.3 Å². The van der Waals surface area contributed by atoms with Crippen LogP contribution in [0.25, 0.3) is 0 Å². The van der Waals surface area contributed by atoms with Crippen LogP contribution in [0.15, 0.2) is 24.3 Å². The standard InChI is InChI=1S/C19H30N2O2/c1-3-4-5-11-19(22)20-15-18(21-12-6-7-13-21)16-9-8-10-17(14-16)23-2/h8-10,14,18H,3-7,11-13,15H2,1-2H3,(H,20,22). The van der Waals surface area contributed by atoms with E-state index in [-0.39, 0.29) is 11.9 Å². The van der Waals surface area contributed by atoms with Gasteiger partial charge in [0.05, 0.1) is 13.2 Å². The molecule has 0 radical (unpaired) electrons. The van der Waals surface area contributed by atoms with Crippen molar-refractivity contribution < 1.29 is 9.53 Å². The first-order chi connectivity index (χ1) is 11.2. The Morgan fingerprint density at radius 3 is 2.78 bits per heavy atom. The number of nitrogens with one attached hydrogen (secondary N) is 1. The zero-order chi connectivity index (χ0) is 16.5. The molecule has 1 fully saturated rings. The van der Waals surface area contributed by atoms with Crippen LogP contribution >= 0.6 is 0 Å². The van der Waals surface area contributed by atoms with Gasteiger partial charge in [-0.05, 0) is 50.0 Å². The number of nitrogens with zero attached hydrogens (tertiary/aromatic N) is 1. The fourth-order valence-electron chi connectivity index (χ4n) is 3.19. The number of hydrogen-bond acceptors (Lipinski definition) is 3. The van der Waals surface area contributed by atoms with Crippen LogP contribution in [-0.2, 0) is 4.79 Å². The normalized spacial score (nSPS) is 16.3.